The second-order valence-electron chi connectivity index (χ2n) is 6.62. The number of anilines is 2. The monoisotopic (exact) mass is 403 g/mol. The zero-order valence-electron chi connectivity index (χ0n) is 15.9. The smallest absolute Gasteiger partial charge is 0.188 e. The van der Waals surface area contributed by atoms with Crippen molar-refractivity contribution in [3.05, 3.63) is 101 Å². The standard InChI is InChI=1S/C23H21N3O2S/c1-16-15-29-23(25-16)26-22-20(28-14-17-8-4-2-5-9-17)12-19(13-24-22)21(27)18-10-6-3-7-11-18/h2-13,15,21,27H,14H2,1H3,(H,24,25,26). The van der Waals surface area contributed by atoms with E-state index in [1.54, 1.807) is 6.20 Å². The Morgan fingerprint density at radius 2 is 1.76 bits per heavy atom. The Morgan fingerprint density at radius 3 is 2.45 bits per heavy atom. The number of pyridine rings is 1. The fraction of sp³-hybridized carbons (Fsp3) is 0.130. The van der Waals surface area contributed by atoms with Gasteiger partial charge in [-0.25, -0.2) is 9.97 Å². The number of aliphatic hydroxyl groups excluding tert-OH is 1. The van der Waals surface area contributed by atoms with Crippen LogP contribution in [0.15, 0.2) is 78.3 Å². The molecule has 0 bridgehead atoms. The van der Waals surface area contributed by atoms with E-state index in [1.165, 1.54) is 11.3 Å². The molecule has 29 heavy (non-hydrogen) atoms. The molecule has 2 heterocycles. The molecule has 146 valence electrons. The summed E-state index contributed by atoms with van der Waals surface area (Å²) in [4.78, 5) is 8.95. The first-order valence-electron chi connectivity index (χ1n) is 9.28. The predicted octanol–water partition coefficient (Wildman–Crippen LogP) is 5.25. The summed E-state index contributed by atoms with van der Waals surface area (Å²) in [5, 5.41) is 16.7. The lowest BCUT2D eigenvalue weighted by atomic mass is 10.0. The summed E-state index contributed by atoms with van der Waals surface area (Å²) in [7, 11) is 0. The summed E-state index contributed by atoms with van der Waals surface area (Å²) < 4.78 is 6.07. The molecule has 0 spiro atoms. The molecule has 4 aromatic rings. The second kappa shape index (κ2) is 8.86. The molecule has 1 unspecified atom stereocenters. The first kappa shape index (κ1) is 19.1. The van der Waals surface area contributed by atoms with Crippen LogP contribution in [0, 0.1) is 6.92 Å². The van der Waals surface area contributed by atoms with Crippen LogP contribution >= 0.6 is 11.3 Å². The van der Waals surface area contributed by atoms with Crippen molar-refractivity contribution in [2.45, 2.75) is 19.6 Å². The number of nitrogens with zero attached hydrogens (tertiary/aromatic N) is 2. The Labute approximate surface area is 173 Å². The van der Waals surface area contributed by atoms with Crippen LogP contribution in [-0.2, 0) is 6.61 Å². The molecule has 0 aliphatic heterocycles. The molecule has 0 saturated heterocycles. The predicted molar refractivity (Wildman–Crippen MR) is 116 cm³/mol. The second-order valence-corrected chi connectivity index (χ2v) is 7.48. The Kier molecular flexibility index (Phi) is 5.84. The van der Waals surface area contributed by atoms with Gasteiger partial charge in [0.05, 0.1) is 5.69 Å². The summed E-state index contributed by atoms with van der Waals surface area (Å²) in [6.45, 7) is 2.35. The number of hydrogen-bond acceptors (Lipinski definition) is 6. The van der Waals surface area contributed by atoms with E-state index >= 15 is 0 Å². The third-order valence-corrected chi connectivity index (χ3v) is 5.26. The van der Waals surface area contributed by atoms with Crippen LogP contribution in [0.25, 0.3) is 0 Å². The van der Waals surface area contributed by atoms with Gasteiger partial charge in [-0.05, 0) is 24.1 Å². The number of thiazole rings is 1. The lowest BCUT2D eigenvalue weighted by Crippen LogP contribution is -2.05. The quantitative estimate of drug-likeness (QED) is 0.441. The van der Waals surface area contributed by atoms with Gasteiger partial charge in [0, 0.05) is 17.1 Å². The molecule has 0 aliphatic rings. The minimum Gasteiger partial charge on any atom is -0.485 e. The van der Waals surface area contributed by atoms with Gasteiger partial charge in [-0.2, -0.15) is 0 Å². The van der Waals surface area contributed by atoms with Crippen molar-refractivity contribution < 1.29 is 9.84 Å². The summed E-state index contributed by atoms with van der Waals surface area (Å²) in [6.07, 6.45) is 0.884. The van der Waals surface area contributed by atoms with Crippen molar-refractivity contribution in [1.82, 2.24) is 9.97 Å². The van der Waals surface area contributed by atoms with E-state index in [-0.39, 0.29) is 0 Å². The van der Waals surface area contributed by atoms with E-state index in [9.17, 15) is 5.11 Å². The summed E-state index contributed by atoms with van der Waals surface area (Å²) in [6, 6.07) is 21.3. The fourth-order valence-corrected chi connectivity index (χ4v) is 3.58. The Bertz CT molecular complexity index is 1070. The molecule has 2 aromatic carbocycles. The van der Waals surface area contributed by atoms with Crippen molar-refractivity contribution in [2.24, 2.45) is 0 Å². The van der Waals surface area contributed by atoms with Crippen molar-refractivity contribution in [3.63, 3.8) is 0 Å². The van der Waals surface area contributed by atoms with Gasteiger partial charge in [-0.3, -0.25) is 0 Å². The Balaban J connectivity index is 1.62. The maximum absolute atomic E-state index is 10.8. The van der Waals surface area contributed by atoms with Gasteiger partial charge in [-0.15, -0.1) is 11.3 Å². The highest BCUT2D eigenvalue weighted by Crippen LogP contribution is 2.32. The highest BCUT2D eigenvalue weighted by atomic mass is 32.1. The van der Waals surface area contributed by atoms with E-state index in [2.05, 4.69) is 15.3 Å². The van der Waals surface area contributed by atoms with E-state index < -0.39 is 6.10 Å². The van der Waals surface area contributed by atoms with Crippen LogP contribution in [0.2, 0.25) is 0 Å². The van der Waals surface area contributed by atoms with E-state index in [1.807, 2.05) is 79.0 Å². The van der Waals surface area contributed by atoms with Crippen LogP contribution < -0.4 is 10.1 Å². The van der Waals surface area contributed by atoms with Gasteiger partial charge in [-0.1, -0.05) is 60.7 Å². The average molecular weight is 404 g/mol. The van der Waals surface area contributed by atoms with E-state index in [0.717, 1.165) is 22.0 Å². The molecule has 5 nitrogen and oxygen atoms in total. The van der Waals surface area contributed by atoms with Gasteiger partial charge < -0.3 is 15.2 Å². The first-order chi connectivity index (χ1) is 14.2. The van der Waals surface area contributed by atoms with Crippen LogP contribution in [0.5, 0.6) is 5.75 Å². The first-order valence-corrected chi connectivity index (χ1v) is 10.2. The van der Waals surface area contributed by atoms with E-state index in [4.69, 9.17) is 4.74 Å². The minimum atomic E-state index is -0.779. The zero-order chi connectivity index (χ0) is 20.1. The fourth-order valence-electron chi connectivity index (χ4n) is 2.89. The topological polar surface area (TPSA) is 67.3 Å². The number of benzene rings is 2. The molecule has 0 fully saturated rings. The molecule has 1 atom stereocenters. The SMILES string of the molecule is Cc1csc(Nc2ncc(C(O)c3ccccc3)cc2OCc2ccccc2)n1. The maximum atomic E-state index is 10.8. The Morgan fingerprint density at radius 1 is 1.03 bits per heavy atom. The number of hydrogen-bond donors (Lipinski definition) is 2. The van der Waals surface area contributed by atoms with Crippen molar-refractivity contribution in [1.29, 1.82) is 0 Å². The molecular weight excluding hydrogens is 382 g/mol. The van der Waals surface area contributed by atoms with Crippen molar-refractivity contribution in [2.75, 3.05) is 5.32 Å². The number of aryl methyl sites for hydroxylation is 1. The van der Waals surface area contributed by atoms with Gasteiger partial charge in [0.2, 0.25) is 0 Å². The van der Waals surface area contributed by atoms with Crippen LogP contribution in [-0.4, -0.2) is 15.1 Å². The third kappa shape index (κ3) is 4.80. The van der Waals surface area contributed by atoms with Crippen LogP contribution in [0.3, 0.4) is 0 Å². The maximum Gasteiger partial charge on any atom is 0.188 e. The number of nitrogens with one attached hydrogen (secondary N) is 1. The largest absolute Gasteiger partial charge is 0.485 e. The molecular formula is C23H21N3O2S. The molecule has 6 heteroatoms. The minimum absolute atomic E-state index is 0.402. The number of aromatic nitrogens is 2. The summed E-state index contributed by atoms with van der Waals surface area (Å²) in [5.41, 5.74) is 3.47. The molecule has 4 rings (SSSR count). The molecule has 0 aliphatic carbocycles. The normalized spacial score (nSPS) is 11.8. The lowest BCUT2D eigenvalue weighted by molar-refractivity contribution is 0.218. The lowest BCUT2D eigenvalue weighted by Gasteiger charge is -2.16. The summed E-state index contributed by atoms with van der Waals surface area (Å²) >= 11 is 1.51. The summed E-state index contributed by atoms with van der Waals surface area (Å²) in [5.74, 6) is 1.13. The third-order valence-electron chi connectivity index (χ3n) is 4.39. The van der Waals surface area contributed by atoms with Crippen molar-refractivity contribution >= 4 is 22.3 Å². The highest BCUT2D eigenvalue weighted by molar-refractivity contribution is 7.13. The number of rotatable bonds is 7. The molecule has 2 aromatic heterocycles. The Hall–Kier alpha value is -3.22. The van der Waals surface area contributed by atoms with Crippen molar-refractivity contribution in [3.8, 4) is 5.75 Å². The molecule has 0 radical (unpaired) electrons. The van der Waals surface area contributed by atoms with Crippen LogP contribution in [0.4, 0.5) is 10.9 Å². The van der Waals surface area contributed by atoms with Gasteiger partial charge in [0.1, 0.15) is 12.7 Å². The highest BCUT2D eigenvalue weighted by Gasteiger charge is 2.16. The van der Waals surface area contributed by atoms with Gasteiger partial charge in [0.15, 0.2) is 16.7 Å². The van der Waals surface area contributed by atoms with E-state index in [0.29, 0.717) is 23.7 Å². The molecule has 0 amide bonds. The molecule has 2 N–H and O–H groups in total. The van der Waals surface area contributed by atoms with Gasteiger partial charge >= 0.3 is 0 Å². The molecule has 0 saturated carbocycles. The number of ether oxygens (including phenoxy) is 1. The zero-order valence-corrected chi connectivity index (χ0v) is 16.8. The van der Waals surface area contributed by atoms with Gasteiger partial charge in [0.25, 0.3) is 0 Å². The average Bonchev–Trinajstić information content (AvgIpc) is 3.18. The number of aliphatic hydroxyl groups is 1. The van der Waals surface area contributed by atoms with Crippen LogP contribution in [0.1, 0.15) is 28.5 Å².